The summed E-state index contributed by atoms with van der Waals surface area (Å²) < 4.78 is 5.35. The third-order valence-corrected chi connectivity index (χ3v) is 4.38. The van der Waals surface area contributed by atoms with Crippen LogP contribution in [0.4, 0.5) is 5.69 Å². The van der Waals surface area contributed by atoms with Gasteiger partial charge in [0.05, 0.1) is 0 Å². The molecule has 0 saturated heterocycles. The Bertz CT molecular complexity index is 918. The molecule has 3 aromatic rings. The second-order valence-electron chi connectivity index (χ2n) is 6.14. The molecule has 118 valence electrons. The Balaban J connectivity index is 2.03. The van der Waals surface area contributed by atoms with Crippen LogP contribution in [0.5, 0.6) is 0 Å². The van der Waals surface area contributed by atoms with Crippen LogP contribution >= 0.6 is 0 Å². The summed E-state index contributed by atoms with van der Waals surface area (Å²) in [4.78, 5) is 11.9. The fraction of sp³-hybridized carbons (Fsp3) is 0.250. The molecule has 0 aliphatic rings. The van der Waals surface area contributed by atoms with Crippen LogP contribution in [0.3, 0.4) is 0 Å². The molecular formula is C20H21NO2. The topological polar surface area (TPSA) is 42.2 Å². The van der Waals surface area contributed by atoms with Gasteiger partial charge in [-0.15, -0.1) is 0 Å². The lowest BCUT2D eigenvalue weighted by Gasteiger charge is -2.14. The molecule has 3 rings (SSSR count). The van der Waals surface area contributed by atoms with E-state index >= 15 is 0 Å². The summed E-state index contributed by atoms with van der Waals surface area (Å²) in [5.41, 5.74) is 7.14. The van der Waals surface area contributed by atoms with Gasteiger partial charge in [0, 0.05) is 23.7 Å². The largest absolute Gasteiger partial charge is 0.423 e. The van der Waals surface area contributed by atoms with Gasteiger partial charge in [-0.05, 0) is 67.6 Å². The third kappa shape index (κ3) is 3.00. The van der Waals surface area contributed by atoms with Gasteiger partial charge >= 0.3 is 5.63 Å². The highest BCUT2D eigenvalue weighted by Gasteiger charge is 2.09. The van der Waals surface area contributed by atoms with Crippen molar-refractivity contribution >= 4 is 16.7 Å². The van der Waals surface area contributed by atoms with Crippen LogP contribution in [0.2, 0.25) is 0 Å². The molecule has 0 aliphatic heterocycles. The molecule has 0 spiro atoms. The van der Waals surface area contributed by atoms with E-state index in [4.69, 9.17) is 4.42 Å². The first-order valence-corrected chi connectivity index (χ1v) is 7.80. The first-order chi connectivity index (χ1) is 11.0. The van der Waals surface area contributed by atoms with Crippen molar-refractivity contribution in [3.63, 3.8) is 0 Å². The molecule has 3 nitrogen and oxygen atoms in total. The minimum Gasteiger partial charge on any atom is -0.423 e. The molecule has 23 heavy (non-hydrogen) atoms. The van der Waals surface area contributed by atoms with Gasteiger partial charge in [-0.25, -0.2) is 4.79 Å². The zero-order valence-corrected chi connectivity index (χ0v) is 14.0. The Hall–Kier alpha value is -2.55. The van der Waals surface area contributed by atoms with Crippen LogP contribution in [0.25, 0.3) is 11.0 Å². The van der Waals surface area contributed by atoms with E-state index in [0.717, 1.165) is 22.2 Å². The van der Waals surface area contributed by atoms with Crippen molar-refractivity contribution < 1.29 is 4.42 Å². The maximum absolute atomic E-state index is 11.9. The Morgan fingerprint density at radius 3 is 2.26 bits per heavy atom. The standard InChI is InChI=1S/C20H21NO2/c1-12-6-5-7-13(2)20(12)21-11-16-10-19(22)23-18-9-15(4)14(3)8-17(16)18/h5-10,21H,11H2,1-4H3. The number of hydrogen-bond acceptors (Lipinski definition) is 3. The smallest absolute Gasteiger partial charge is 0.336 e. The summed E-state index contributed by atoms with van der Waals surface area (Å²) in [7, 11) is 0. The first-order valence-electron chi connectivity index (χ1n) is 7.80. The van der Waals surface area contributed by atoms with Gasteiger partial charge in [-0.1, -0.05) is 18.2 Å². The highest BCUT2D eigenvalue weighted by molar-refractivity contribution is 5.82. The normalized spacial score (nSPS) is 11.0. The van der Waals surface area contributed by atoms with Crippen molar-refractivity contribution in [1.82, 2.24) is 0 Å². The number of para-hydroxylation sites is 1. The van der Waals surface area contributed by atoms with E-state index in [1.807, 2.05) is 13.0 Å². The maximum Gasteiger partial charge on any atom is 0.336 e. The van der Waals surface area contributed by atoms with Gasteiger partial charge in [0.2, 0.25) is 0 Å². The SMILES string of the molecule is Cc1cc2oc(=O)cc(CNc3c(C)cccc3C)c2cc1C. The zero-order valence-electron chi connectivity index (χ0n) is 14.0. The Labute approximate surface area is 136 Å². The van der Waals surface area contributed by atoms with E-state index in [9.17, 15) is 4.79 Å². The Kier molecular flexibility index (Phi) is 3.95. The summed E-state index contributed by atoms with van der Waals surface area (Å²) in [6.07, 6.45) is 0. The quantitative estimate of drug-likeness (QED) is 0.717. The lowest BCUT2D eigenvalue weighted by Crippen LogP contribution is -2.07. The van der Waals surface area contributed by atoms with Gasteiger partial charge < -0.3 is 9.73 Å². The van der Waals surface area contributed by atoms with Gasteiger partial charge in [-0.3, -0.25) is 0 Å². The number of nitrogens with one attached hydrogen (secondary N) is 1. The van der Waals surface area contributed by atoms with Crippen LogP contribution in [-0.2, 0) is 6.54 Å². The number of hydrogen-bond donors (Lipinski definition) is 1. The molecule has 0 saturated carbocycles. The summed E-state index contributed by atoms with van der Waals surface area (Å²) in [6, 6.07) is 11.8. The molecule has 1 heterocycles. The van der Waals surface area contributed by atoms with E-state index in [1.165, 1.54) is 16.7 Å². The summed E-state index contributed by atoms with van der Waals surface area (Å²) in [6.45, 7) is 8.86. The molecular weight excluding hydrogens is 286 g/mol. The van der Waals surface area contributed by atoms with Gasteiger partial charge in [0.1, 0.15) is 5.58 Å². The summed E-state index contributed by atoms with van der Waals surface area (Å²) >= 11 is 0. The van der Waals surface area contributed by atoms with Gasteiger partial charge in [0.15, 0.2) is 0 Å². The fourth-order valence-electron chi connectivity index (χ4n) is 2.91. The third-order valence-electron chi connectivity index (χ3n) is 4.38. The molecule has 3 heteroatoms. The molecule has 2 aromatic carbocycles. The highest BCUT2D eigenvalue weighted by atomic mass is 16.4. The monoisotopic (exact) mass is 307 g/mol. The Morgan fingerprint density at radius 2 is 1.57 bits per heavy atom. The molecule has 0 amide bonds. The van der Waals surface area contributed by atoms with Crippen molar-refractivity contribution in [2.75, 3.05) is 5.32 Å². The number of fused-ring (bicyclic) bond motifs is 1. The summed E-state index contributed by atoms with van der Waals surface area (Å²) in [5, 5.41) is 4.46. The predicted molar refractivity (Wildman–Crippen MR) is 95.2 cm³/mol. The second-order valence-corrected chi connectivity index (χ2v) is 6.14. The van der Waals surface area contributed by atoms with Crippen molar-refractivity contribution in [2.24, 2.45) is 0 Å². The van der Waals surface area contributed by atoms with E-state index in [-0.39, 0.29) is 5.63 Å². The van der Waals surface area contributed by atoms with E-state index in [2.05, 4.69) is 50.4 Å². The van der Waals surface area contributed by atoms with Crippen molar-refractivity contribution in [3.05, 3.63) is 74.6 Å². The van der Waals surface area contributed by atoms with E-state index in [0.29, 0.717) is 12.1 Å². The minimum absolute atomic E-state index is 0.306. The van der Waals surface area contributed by atoms with Crippen molar-refractivity contribution in [2.45, 2.75) is 34.2 Å². The van der Waals surface area contributed by atoms with Crippen LogP contribution in [0, 0.1) is 27.7 Å². The lowest BCUT2D eigenvalue weighted by atomic mass is 10.0. The molecule has 0 aliphatic carbocycles. The number of benzene rings is 2. The summed E-state index contributed by atoms with van der Waals surface area (Å²) in [5.74, 6) is 0. The van der Waals surface area contributed by atoms with Crippen LogP contribution in [-0.4, -0.2) is 0 Å². The van der Waals surface area contributed by atoms with Gasteiger partial charge in [0.25, 0.3) is 0 Å². The molecule has 0 unspecified atom stereocenters. The highest BCUT2D eigenvalue weighted by Crippen LogP contribution is 2.24. The minimum atomic E-state index is -0.306. The molecule has 0 fully saturated rings. The molecule has 0 bridgehead atoms. The van der Waals surface area contributed by atoms with Crippen molar-refractivity contribution in [3.8, 4) is 0 Å². The Morgan fingerprint density at radius 1 is 0.913 bits per heavy atom. The average Bonchev–Trinajstić information content (AvgIpc) is 2.48. The van der Waals surface area contributed by atoms with E-state index in [1.54, 1.807) is 6.07 Å². The fourth-order valence-corrected chi connectivity index (χ4v) is 2.91. The molecule has 1 aromatic heterocycles. The van der Waals surface area contributed by atoms with Crippen LogP contribution in [0.1, 0.15) is 27.8 Å². The number of aryl methyl sites for hydroxylation is 4. The maximum atomic E-state index is 11.9. The average molecular weight is 307 g/mol. The number of rotatable bonds is 3. The zero-order chi connectivity index (χ0) is 16.6. The molecule has 1 N–H and O–H groups in total. The van der Waals surface area contributed by atoms with Gasteiger partial charge in [-0.2, -0.15) is 0 Å². The number of anilines is 1. The first kappa shape index (κ1) is 15.3. The lowest BCUT2D eigenvalue weighted by molar-refractivity contribution is 0.559. The van der Waals surface area contributed by atoms with E-state index < -0.39 is 0 Å². The molecule has 0 radical (unpaired) electrons. The second kappa shape index (κ2) is 5.92. The van der Waals surface area contributed by atoms with Crippen LogP contribution in [0.15, 0.2) is 45.6 Å². The predicted octanol–water partition coefficient (Wildman–Crippen LogP) is 4.64. The molecule has 0 atom stereocenters. The van der Waals surface area contributed by atoms with Crippen molar-refractivity contribution in [1.29, 1.82) is 0 Å². The van der Waals surface area contributed by atoms with Crippen LogP contribution < -0.4 is 10.9 Å².